The van der Waals surface area contributed by atoms with E-state index >= 15 is 0 Å². The van der Waals surface area contributed by atoms with Gasteiger partial charge in [-0.2, -0.15) is 0 Å². The number of pyridine rings is 1. The average Bonchev–Trinajstić information content (AvgIpc) is 2.04. The third-order valence-corrected chi connectivity index (χ3v) is 1.55. The number of nitrogen functional groups attached to an aromatic ring is 1. The molecule has 1 aromatic rings. The Morgan fingerprint density at radius 2 is 2.45 bits per heavy atom. The van der Waals surface area contributed by atoms with Crippen LogP contribution in [-0.4, -0.2) is 11.3 Å². The maximum atomic E-state index is 10.5. The number of nitrogens with two attached hydrogens (primary N) is 1. The Morgan fingerprint density at radius 1 is 1.73 bits per heavy atom. The van der Waals surface area contributed by atoms with Crippen molar-refractivity contribution in [3.05, 3.63) is 23.4 Å². The molecule has 0 fully saturated rings. The van der Waals surface area contributed by atoms with Crippen LogP contribution in [-0.2, 0) is 6.42 Å². The molecule has 0 saturated carbocycles. The summed E-state index contributed by atoms with van der Waals surface area (Å²) in [5, 5.41) is 0. The molecule has 0 aliphatic carbocycles. The fourth-order valence-corrected chi connectivity index (χ4v) is 0.921. The summed E-state index contributed by atoms with van der Waals surface area (Å²) in [6.45, 7) is 1.97. The van der Waals surface area contributed by atoms with Crippen LogP contribution in [0.4, 0.5) is 5.82 Å². The molecule has 11 heavy (non-hydrogen) atoms. The number of hydrogen-bond acceptors (Lipinski definition) is 3. The molecule has 2 N–H and O–H groups in total. The molecule has 0 saturated heterocycles. The summed E-state index contributed by atoms with van der Waals surface area (Å²) in [7, 11) is 0. The summed E-state index contributed by atoms with van der Waals surface area (Å²) >= 11 is 0. The van der Waals surface area contributed by atoms with Gasteiger partial charge in [-0.1, -0.05) is 6.92 Å². The number of carbonyl (C=O) groups is 1. The largest absolute Gasteiger partial charge is 0.384 e. The molecule has 58 valence electrons. The van der Waals surface area contributed by atoms with Crippen molar-refractivity contribution >= 4 is 12.1 Å². The fraction of sp³-hybridized carbons (Fsp3) is 0.250. The minimum Gasteiger partial charge on any atom is -0.384 e. The number of nitrogens with zero attached hydrogens (tertiary/aromatic N) is 1. The second kappa shape index (κ2) is 3.14. The molecule has 0 spiro atoms. The average molecular weight is 150 g/mol. The van der Waals surface area contributed by atoms with Crippen molar-refractivity contribution in [2.24, 2.45) is 0 Å². The summed E-state index contributed by atoms with van der Waals surface area (Å²) in [5.41, 5.74) is 6.97. The highest BCUT2D eigenvalue weighted by Crippen LogP contribution is 2.08. The van der Waals surface area contributed by atoms with Gasteiger partial charge in [-0.05, 0) is 18.1 Å². The van der Waals surface area contributed by atoms with E-state index in [1.165, 1.54) is 0 Å². The summed E-state index contributed by atoms with van der Waals surface area (Å²) in [5.74, 6) is 0.393. The lowest BCUT2D eigenvalue weighted by molar-refractivity contribution is 0.112. The van der Waals surface area contributed by atoms with Crippen LogP contribution in [0, 0.1) is 0 Å². The highest BCUT2D eigenvalue weighted by Gasteiger charge is 1.99. The number of anilines is 1. The van der Waals surface area contributed by atoms with Crippen LogP contribution < -0.4 is 5.73 Å². The molecule has 1 rings (SSSR count). The minimum atomic E-state index is 0.393. The lowest BCUT2D eigenvalue weighted by Gasteiger charge is -2.00. The van der Waals surface area contributed by atoms with E-state index in [2.05, 4.69) is 4.98 Å². The molecule has 0 radical (unpaired) electrons. The van der Waals surface area contributed by atoms with Crippen molar-refractivity contribution in [2.45, 2.75) is 13.3 Å². The summed E-state index contributed by atoms with van der Waals surface area (Å²) in [6.07, 6.45) is 3.25. The molecule has 1 aromatic heterocycles. The van der Waals surface area contributed by atoms with Crippen molar-refractivity contribution in [1.82, 2.24) is 4.98 Å². The van der Waals surface area contributed by atoms with Gasteiger partial charge in [0, 0.05) is 11.8 Å². The van der Waals surface area contributed by atoms with E-state index in [0.29, 0.717) is 11.4 Å². The Kier molecular flexibility index (Phi) is 2.21. The Morgan fingerprint density at radius 3 is 3.00 bits per heavy atom. The first-order chi connectivity index (χ1) is 5.27. The van der Waals surface area contributed by atoms with Gasteiger partial charge in [-0.15, -0.1) is 0 Å². The zero-order valence-electron chi connectivity index (χ0n) is 6.37. The zero-order valence-corrected chi connectivity index (χ0v) is 6.37. The maximum Gasteiger partial charge on any atom is 0.150 e. The van der Waals surface area contributed by atoms with Crippen molar-refractivity contribution in [3.8, 4) is 0 Å². The van der Waals surface area contributed by atoms with Crippen LogP contribution in [0.15, 0.2) is 12.3 Å². The third-order valence-electron chi connectivity index (χ3n) is 1.55. The molecule has 0 aromatic carbocycles. The van der Waals surface area contributed by atoms with Crippen LogP contribution in [0.25, 0.3) is 0 Å². The SMILES string of the molecule is CCc1cnc(N)cc1C=O. The molecular weight excluding hydrogens is 140 g/mol. The van der Waals surface area contributed by atoms with E-state index in [4.69, 9.17) is 5.73 Å². The van der Waals surface area contributed by atoms with Crippen molar-refractivity contribution in [1.29, 1.82) is 0 Å². The number of rotatable bonds is 2. The van der Waals surface area contributed by atoms with Crippen LogP contribution in [0.2, 0.25) is 0 Å². The Balaban J connectivity index is 3.16. The summed E-state index contributed by atoms with van der Waals surface area (Å²) in [4.78, 5) is 14.3. The number of aryl methyl sites for hydroxylation is 1. The molecular formula is C8H10N2O. The van der Waals surface area contributed by atoms with Gasteiger partial charge >= 0.3 is 0 Å². The number of hydrogen-bond donors (Lipinski definition) is 1. The molecule has 0 aliphatic rings. The van der Waals surface area contributed by atoms with Crippen LogP contribution >= 0.6 is 0 Å². The first kappa shape index (κ1) is 7.72. The molecule has 0 aliphatic heterocycles. The molecule has 3 heteroatoms. The lowest BCUT2D eigenvalue weighted by Crippen LogP contribution is -1.96. The summed E-state index contributed by atoms with van der Waals surface area (Å²) < 4.78 is 0. The minimum absolute atomic E-state index is 0.393. The maximum absolute atomic E-state index is 10.5. The van der Waals surface area contributed by atoms with E-state index in [-0.39, 0.29) is 0 Å². The Bertz CT molecular complexity index is 271. The van der Waals surface area contributed by atoms with E-state index in [9.17, 15) is 4.79 Å². The Hall–Kier alpha value is -1.38. The van der Waals surface area contributed by atoms with E-state index in [1.54, 1.807) is 12.3 Å². The standard InChI is InChI=1S/C8H10N2O/c1-2-6-4-10-8(9)3-7(6)5-11/h3-5H,2H2,1H3,(H2,9,10). The molecule has 3 nitrogen and oxygen atoms in total. The topological polar surface area (TPSA) is 56.0 Å². The highest BCUT2D eigenvalue weighted by molar-refractivity contribution is 5.78. The zero-order chi connectivity index (χ0) is 8.27. The number of carbonyl (C=O) groups excluding carboxylic acids is 1. The van der Waals surface area contributed by atoms with Crippen molar-refractivity contribution < 1.29 is 4.79 Å². The second-order valence-electron chi connectivity index (χ2n) is 2.28. The van der Waals surface area contributed by atoms with E-state index in [0.717, 1.165) is 18.3 Å². The van der Waals surface area contributed by atoms with Crippen LogP contribution in [0.5, 0.6) is 0 Å². The number of aldehydes is 1. The monoisotopic (exact) mass is 150 g/mol. The molecule has 1 heterocycles. The molecule has 0 bridgehead atoms. The summed E-state index contributed by atoms with van der Waals surface area (Å²) in [6, 6.07) is 1.59. The normalized spacial score (nSPS) is 9.55. The van der Waals surface area contributed by atoms with Gasteiger partial charge in [0.15, 0.2) is 6.29 Å². The van der Waals surface area contributed by atoms with E-state index in [1.807, 2.05) is 6.92 Å². The van der Waals surface area contributed by atoms with Gasteiger partial charge in [0.05, 0.1) is 0 Å². The van der Waals surface area contributed by atoms with Crippen LogP contribution in [0.3, 0.4) is 0 Å². The molecule has 0 atom stereocenters. The second-order valence-corrected chi connectivity index (χ2v) is 2.28. The van der Waals surface area contributed by atoms with Crippen molar-refractivity contribution in [2.75, 3.05) is 5.73 Å². The smallest absolute Gasteiger partial charge is 0.150 e. The predicted octanol–water partition coefficient (Wildman–Crippen LogP) is 1.04. The lowest BCUT2D eigenvalue weighted by atomic mass is 10.1. The van der Waals surface area contributed by atoms with E-state index < -0.39 is 0 Å². The van der Waals surface area contributed by atoms with Gasteiger partial charge in [0.25, 0.3) is 0 Å². The van der Waals surface area contributed by atoms with Gasteiger partial charge in [0.2, 0.25) is 0 Å². The number of aromatic nitrogens is 1. The molecule has 0 unspecified atom stereocenters. The predicted molar refractivity (Wildman–Crippen MR) is 43.4 cm³/mol. The van der Waals surface area contributed by atoms with Crippen molar-refractivity contribution in [3.63, 3.8) is 0 Å². The third kappa shape index (κ3) is 1.55. The van der Waals surface area contributed by atoms with Gasteiger partial charge in [-0.3, -0.25) is 4.79 Å². The quantitative estimate of drug-likeness (QED) is 0.641. The fourth-order valence-electron chi connectivity index (χ4n) is 0.921. The van der Waals surface area contributed by atoms with Gasteiger partial charge in [-0.25, -0.2) is 4.98 Å². The first-order valence-electron chi connectivity index (χ1n) is 3.47. The van der Waals surface area contributed by atoms with Crippen LogP contribution in [0.1, 0.15) is 22.8 Å². The molecule has 0 amide bonds. The first-order valence-corrected chi connectivity index (χ1v) is 3.47. The Labute approximate surface area is 65.2 Å². The van der Waals surface area contributed by atoms with Gasteiger partial charge < -0.3 is 5.73 Å². The van der Waals surface area contributed by atoms with Gasteiger partial charge in [0.1, 0.15) is 5.82 Å². The highest BCUT2D eigenvalue weighted by atomic mass is 16.1.